The Labute approximate surface area is 97.5 Å². The van der Waals surface area contributed by atoms with Crippen molar-refractivity contribution in [1.82, 2.24) is 9.55 Å². The van der Waals surface area contributed by atoms with E-state index < -0.39 is 17.4 Å². The summed E-state index contributed by atoms with van der Waals surface area (Å²) in [5, 5.41) is 9.58. The van der Waals surface area contributed by atoms with Crippen molar-refractivity contribution < 1.29 is 5.11 Å². The Morgan fingerprint density at radius 1 is 1.47 bits per heavy atom. The SMILES string of the molecule is Cn1c(N)c(N2CCCC(O)C2)c(=O)[nH]c1=O. The minimum atomic E-state index is -0.534. The van der Waals surface area contributed by atoms with E-state index in [4.69, 9.17) is 5.73 Å². The monoisotopic (exact) mass is 240 g/mol. The quantitative estimate of drug-likeness (QED) is 0.561. The summed E-state index contributed by atoms with van der Waals surface area (Å²) in [6, 6.07) is 0. The van der Waals surface area contributed by atoms with E-state index in [1.165, 1.54) is 11.6 Å². The van der Waals surface area contributed by atoms with Gasteiger partial charge in [-0.1, -0.05) is 0 Å². The number of aliphatic hydroxyl groups is 1. The van der Waals surface area contributed by atoms with Crippen LogP contribution < -0.4 is 21.9 Å². The molecule has 1 saturated heterocycles. The highest BCUT2D eigenvalue weighted by Crippen LogP contribution is 2.20. The number of nitrogens with two attached hydrogens (primary N) is 1. The molecule has 1 atom stereocenters. The third-order valence-electron chi connectivity index (χ3n) is 3.06. The molecule has 2 rings (SSSR count). The van der Waals surface area contributed by atoms with Gasteiger partial charge in [0.1, 0.15) is 11.5 Å². The summed E-state index contributed by atoms with van der Waals surface area (Å²) in [4.78, 5) is 27.0. The summed E-state index contributed by atoms with van der Waals surface area (Å²) in [5.41, 5.74) is 5.02. The van der Waals surface area contributed by atoms with E-state index >= 15 is 0 Å². The topological polar surface area (TPSA) is 104 Å². The Hall–Kier alpha value is -1.76. The summed E-state index contributed by atoms with van der Waals surface area (Å²) in [6.45, 7) is 1.02. The zero-order valence-corrected chi connectivity index (χ0v) is 9.64. The molecule has 0 saturated carbocycles. The lowest BCUT2D eigenvalue weighted by Gasteiger charge is -2.32. The van der Waals surface area contributed by atoms with E-state index in [2.05, 4.69) is 4.98 Å². The number of hydrogen-bond donors (Lipinski definition) is 3. The Balaban J connectivity index is 2.48. The highest BCUT2D eigenvalue weighted by Gasteiger charge is 2.23. The number of aromatic nitrogens is 2. The molecule has 7 heteroatoms. The second-order valence-electron chi connectivity index (χ2n) is 4.29. The molecule has 0 aliphatic carbocycles. The second kappa shape index (κ2) is 4.25. The first-order valence-electron chi connectivity index (χ1n) is 5.52. The van der Waals surface area contributed by atoms with Gasteiger partial charge >= 0.3 is 5.69 Å². The van der Waals surface area contributed by atoms with Crippen LogP contribution >= 0.6 is 0 Å². The van der Waals surface area contributed by atoms with E-state index in [9.17, 15) is 14.7 Å². The largest absolute Gasteiger partial charge is 0.391 e. The Kier molecular flexibility index (Phi) is 2.93. The average Bonchev–Trinajstić information content (AvgIpc) is 2.26. The molecule has 1 aliphatic heterocycles. The molecule has 4 N–H and O–H groups in total. The van der Waals surface area contributed by atoms with Crippen LogP contribution in [-0.4, -0.2) is 33.9 Å². The number of aliphatic hydroxyl groups excluding tert-OH is 1. The van der Waals surface area contributed by atoms with E-state index in [0.717, 1.165) is 12.8 Å². The highest BCUT2D eigenvalue weighted by atomic mass is 16.3. The van der Waals surface area contributed by atoms with Gasteiger partial charge in [-0.3, -0.25) is 14.3 Å². The third kappa shape index (κ3) is 2.05. The van der Waals surface area contributed by atoms with Crippen LogP contribution in [0.2, 0.25) is 0 Å². The van der Waals surface area contributed by atoms with E-state index in [1.807, 2.05) is 0 Å². The average molecular weight is 240 g/mol. The van der Waals surface area contributed by atoms with Gasteiger partial charge in [-0.05, 0) is 12.8 Å². The third-order valence-corrected chi connectivity index (χ3v) is 3.06. The minimum absolute atomic E-state index is 0.132. The highest BCUT2D eigenvalue weighted by molar-refractivity contribution is 5.62. The molecule has 0 aromatic carbocycles. The zero-order valence-electron chi connectivity index (χ0n) is 9.64. The Morgan fingerprint density at radius 3 is 2.82 bits per heavy atom. The molecule has 1 aromatic rings. The van der Waals surface area contributed by atoms with Gasteiger partial charge in [0, 0.05) is 20.1 Å². The van der Waals surface area contributed by atoms with Gasteiger partial charge in [0.15, 0.2) is 0 Å². The summed E-state index contributed by atoms with van der Waals surface area (Å²) >= 11 is 0. The number of nitrogen functional groups attached to an aromatic ring is 1. The first-order valence-corrected chi connectivity index (χ1v) is 5.52. The van der Waals surface area contributed by atoms with Gasteiger partial charge in [-0.25, -0.2) is 4.79 Å². The summed E-state index contributed by atoms with van der Waals surface area (Å²) in [7, 11) is 1.50. The van der Waals surface area contributed by atoms with Crippen LogP contribution in [0.5, 0.6) is 0 Å². The molecule has 0 radical (unpaired) electrons. The Bertz CT molecular complexity index is 533. The van der Waals surface area contributed by atoms with E-state index in [-0.39, 0.29) is 11.5 Å². The second-order valence-corrected chi connectivity index (χ2v) is 4.29. The molecule has 94 valence electrons. The van der Waals surface area contributed by atoms with Crippen molar-refractivity contribution in [3.63, 3.8) is 0 Å². The van der Waals surface area contributed by atoms with Crippen LogP contribution in [0.1, 0.15) is 12.8 Å². The number of piperidine rings is 1. The maximum atomic E-state index is 11.7. The molecule has 0 bridgehead atoms. The predicted molar refractivity (Wildman–Crippen MR) is 64.2 cm³/mol. The van der Waals surface area contributed by atoms with Gasteiger partial charge in [-0.15, -0.1) is 0 Å². The van der Waals surface area contributed by atoms with Crippen molar-refractivity contribution in [3.8, 4) is 0 Å². The lowest BCUT2D eigenvalue weighted by molar-refractivity contribution is 0.154. The molecule has 0 amide bonds. The lowest BCUT2D eigenvalue weighted by atomic mass is 10.1. The predicted octanol–water partition coefficient (Wildman–Crippen LogP) is -1.38. The number of hydrogen-bond acceptors (Lipinski definition) is 5. The van der Waals surface area contributed by atoms with Crippen LogP contribution in [0.15, 0.2) is 9.59 Å². The van der Waals surface area contributed by atoms with Gasteiger partial charge in [0.05, 0.1) is 6.10 Å². The lowest BCUT2D eigenvalue weighted by Crippen LogP contribution is -2.43. The number of aromatic amines is 1. The van der Waals surface area contributed by atoms with Gasteiger partial charge < -0.3 is 15.7 Å². The summed E-state index contributed by atoms with van der Waals surface area (Å²) in [6.07, 6.45) is 1.06. The van der Waals surface area contributed by atoms with Crippen LogP contribution in [-0.2, 0) is 7.05 Å². The minimum Gasteiger partial charge on any atom is -0.391 e. The van der Waals surface area contributed by atoms with Crippen molar-refractivity contribution >= 4 is 11.5 Å². The first kappa shape index (κ1) is 11.7. The molecule has 0 spiro atoms. The van der Waals surface area contributed by atoms with Gasteiger partial charge in [0.2, 0.25) is 0 Å². The van der Waals surface area contributed by atoms with Crippen molar-refractivity contribution in [3.05, 3.63) is 20.8 Å². The van der Waals surface area contributed by atoms with Crippen LogP contribution in [0.25, 0.3) is 0 Å². The molecule has 7 nitrogen and oxygen atoms in total. The van der Waals surface area contributed by atoms with Crippen molar-refractivity contribution in [2.75, 3.05) is 23.7 Å². The van der Waals surface area contributed by atoms with Crippen LogP contribution in [0, 0.1) is 0 Å². The number of nitrogens with zero attached hydrogens (tertiary/aromatic N) is 2. The molecule has 1 aromatic heterocycles. The number of H-pyrrole nitrogens is 1. The molecule has 1 fully saturated rings. The maximum Gasteiger partial charge on any atom is 0.329 e. The van der Waals surface area contributed by atoms with E-state index in [1.54, 1.807) is 4.90 Å². The first-order chi connectivity index (χ1) is 8.00. The molecule has 1 aliphatic rings. The summed E-state index contributed by atoms with van der Waals surface area (Å²) < 4.78 is 1.19. The zero-order chi connectivity index (χ0) is 12.6. The maximum absolute atomic E-state index is 11.7. The number of nitrogens with one attached hydrogen (secondary N) is 1. The number of β-amino-alcohol motifs (C(OH)–C–C–N with tert-alkyl or cyclic N) is 1. The molecular formula is C10H16N4O3. The fraction of sp³-hybridized carbons (Fsp3) is 0.600. The van der Waals surface area contributed by atoms with Crippen LogP contribution in [0.3, 0.4) is 0 Å². The van der Waals surface area contributed by atoms with Crippen molar-refractivity contribution in [2.45, 2.75) is 18.9 Å². The van der Waals surface area contributed by atoms with Gasteiger partial charge in [0.25, 0.3) is 5.56 Å². The summed E-state index contributed by atoms with van der Waals surface area (Å²) in [5.74, 6) is 0.132. The fourth-order valence-corrected chi connectivity index (χ4v) is 2.09. The smallest absolute Gasteiger partial charge is 0.329 e. The van der Waals surface area contributed by atoms with Crippen LogP contribution in [0.4, 0.5) is 11.5 Å². The normalized spacial score (nSPS) is 20.6. The molecule has 1 unspecified atom stereocenters. The number of anilines is 2. The number of rotatable bonds is 1. The van der Waals surface area contributed by atoms with Gasteiger partial charge in [-0.2, -0.15) is 0 Å². The van der Waals surface area contributed by atoms with E-state index in [0.29, 0.717) is 13.1 Å². The molecule has 17 heavy (non-hydrogen) atoms. The van der Waals surface area contributed by atoms with Crippen molar-refractivity contribution in [1.29, 1.82) is 0 Å². The molecule has 2 heterocycles. The fourth-order valence-electron chi connectivity index (χ4n) is 2.09. The Morgan fingerprint density at radius 2 is 2.18 bits per heavy atom. The van der Waals surface area contributed by atoms with Crippen molar-refractivity contribution in [2.24, 2.45) is 7.05 Å². The molecular weight excluding hydrogens is 224 g/mol. The standard InChI is InChI=1S/C10H16N4O3/c1-13-8(11)7(9(16)12-10(13)17)14-4-2-3-6(15)5-14/h6,15H,2-5,11H2,1H3,(H,12,16,17).